The molecule has 0 N–H and O–H groups in total. The van der Waals surface area contributed by atoms with E-state index >= 15 is 0 Å². The molecule has 0 aliphatic rings. The van der Waals surface area contributed by atoms with Gasteiger partial charge in [-0.3, -0.25) is 0 Å². The predicted molar refractivity (Wildman–Crippen MR) is 83.5 cm³/mol. The fourth-order valence-corrected chi connectivity index (χ4v) is 4.89. The fraction of sp³-hybridized carbons (Fsp3) is 0.333. The van der Waals surface area contributed by atoms with Crippen molar-refractivity contribution < 1.29 is 8.42 Å². The van der Waals surface area contributed by atoms with Crippen LogP contribution in [0.3, 0.4) is 0 Å². The van der Waals surface area contributed by atoms with Gasteiger partial charge in [0.25, 0.3) is 10.0 Å². The molecule has 1 aromatic carbocycles. The molecular weight excluding hydrogens is 290 g/mol. The van der Waals surface area contributed by atoms with E-state index < -0.39 is 10.0 Å². The first-order valence-electron chi connectivity index (χ1n) is 6.56. The van der Waals surface area contributed by atoms with E-state index in [2.05, 4.69) is 0 Å². The van der Waals surface area contributed by atoms with E-state index in [9.17, 15) is 8.42 Å². The summed E-state index contributed by atoms with van der Waals surface area (Å²) in [6.45, 7) is 6.68. The third kappa shape index (κ3) is 3.11. The number of rotatable bonds is 5. The Labute approximate surface area is 124 Å². The third-order valence-electron chi connectivity index (χ3n) is 3.27. The lowest BCUT2D eigenvalue weighted by atomic mass is 10.1. The van der Waals surface area contributed by atoms with Gasteiger partial charge in [0.1, 0.15) is 4.21 Å². The molecule has 0 aliphatic heterocycles. The molecule has 2 rings (SSSR count). The van der Waals surface area contributed by atoms with Gasteiger partial charge < -0.3 is 0 Å². The summed E-state index contributed by atoms with van der Waals surface area (Å²) in [7, 11) is -3.39. The Morgan fingerprint density at radius 2 is 1.80 bits per heavy atom. The lowest BCUT2D eigenvalue weighted by Gasteiger charge is -2.20. The van der Waals surface area contributed by atoms with Crippen LogP contribution in [0, 0.1) is 13.8 Å². The second-order valence-corrected chi connectivity index (χ2v) is 8.18. The van der Waals surface area contributed by atoms with Crippen LogP contribution in [0.4, 0.5) is 0 Å². The van der Waals surface area contributed by atoms with Crippen molar-refractivity contribution in [2.45, 2.75) is 31.5 Å². The molecule has 3 nitrogen and oxygen atoms in total. The van der Waals surface area contributed by atoms with Crippen LogP contribution in [0.1, 0.15) is 22.9 Å². The normalized spacial score (nSPS) is 12.0. The molecule has 20 heavy (non-hydrogen) atoms. The maximum absolute atomic E-state index is 12.6. The molecule has 5 heteroatoms. The second kappa shape index (κ2) is 6.08. The highest BCUT2D eigenvalue weighted by Crippen LogP contribution is 2.25. The van der Waals surface area contributed by atoms with Crippen molar-refractivity contribution in [2.24, 2.45) is 0 Å². The summed E-state index contributed by atoms with van der Waals surface area (Å²) in [5, 5.41) is 0. The molecule has 0 bridgehead atoms. The van der Waals surface area contributed by atoms with Crippen molar-refractivity contribution in [3.63, 3.8) is 0 Å². The quantitative estimate of drug-likeness (QED) is 0.846. The minimum absolute atomic E-state index is 0.419. The number of nitrogens with zero attached hydrogens (tertiary/aromatic N) is 1. The summed E-state index contributed by atoms with van der Waals surface area (Å²) in [5.41, 5.74) is 2.16. The van der Waals surface area contributed by atoms with Gasteiger partial charge in [0, 0.05) is 18.0 Å². The largest absolute Gasteiger partial charge is 0.252 e. The number of benzene rings is 1. The molecule has 0 atom stereocenters. The van der Waals surface area contributed by atoms with E-state index in [-0.39, 0.29) is 0 Å². The highest BCUT2D eigenvalue weighted by molar-refractivity contribution is 7.91. The average molecular weight is 309 g/mol. The molecule has 2 aromatic rings. The third-order valence-corrected chi connectivity index (χ3v) is 6.66. The number of hydrogen-bond acceptors (Lipinski definition) is 3. The number of sulfonamides is 1. The minimum Gasteiger partial charge on any atom is -0.206 e. The average Bonchev–Trinajstić information content (AvgIpc) is 2.85. The van der Waals surface area contributed by atoms with E-state index in [0.717, 1.165) is 16.0 Å². The zero-order valence-electron chi connectivity index (χ0n) is 12.0. The first-order valence-corrected chi connectivity index (χ1v) is 8.82. The Morgan fingerprint density at radius 3 is 2.35 bits per heavy atom. The van der Waals surface area contributed by atoms with Gasteiger partial charge in [0.2, 0.25) is 0 Å². The maximum Gasteiger partial charge on any atom is 0.252 e. The predicted octanol–water partition coefficient (Wildman–Crippen LogP) is 3.58. The van der Waals surface area contributed by atoms with Gasteiger partial charge in [-0.15, -0.1) is 11.3 Å². The van der Waals surface area contributed by atoms with Crippen molar-refractivity contribution in [1.29, 1.82) is 0 Å². The molecule has 1 heterocycles. The lowest BCUT2D eigenvalue weighted by molar-refractivity contribution is 0.424. The van der Waals surface area contributed by atoms with Crippen molar-refractivity contribution in [1.82, 2.24) is 4.31 Å². The van der Waals surface area contributed by atoms with Crippen molar-refractivity contribution in [2.75, 3.05) is 6.54 Å². The lowest BCUT2D eigenvalue weighted by Crippen LogP contribution is -2.30. The second-order valence-electron chi connectivity index (χ2n) is 4.72. The molecule has 1 aromatic heterocycles. The van der Waals surface area contributed by atoms with Gasteiger partial charge >= 0.3 is 0 Å². The maximum atomic E-state index is 12.6. The Kier molecular flexibility index (Phi) is 4.62. The SMILES string of the molecule is CCN(Cc1ccccc1C)S(=O)(=O)c1ccc(C)s1. The molecular formula is C15H19NO2S2. The van der Waals surface area contributed by atoms with Crippen LogP contribution in [0.5, 0.6) is 0 Å². The van der Waals surface area contributed by atoms with E-state index in [0.29, 0.717) is 17.3 Å². The van der Waals surface area contributed by atoms with Gasteiger partial charge in [0.05, 0.1) is 0 Å². The van der Waals surface area contributed by atoms with E-state index in [1.54, 1.807) is 6.07 Å². The van der Waals surface area contributed by atoms with Gasteiger partial charge in [-0.05, 0) is 37.1 Å². The fourth-order valence-electron chi connectivity index (χ4n) is 2.02. The summed E-state index contributed by atoms with van der Waals surface area (Å²) >= 11 is 1.32. The zero-order valence-corrected chi connectivity index (χ0v) is 13.6. The van der Waals surface area contributed by atoms with E-state index in [1.165, 1.54) is 15.6 Å². The summed E-state index contributed by atoms with van der Waals surface area (Å²) in [5.74, 6) is 0. The van der Waals surface area contributed by atoms with Crippen LogP contribution in [0.2, 0.25) is 0 Å². The molecule has 0 spiro atoms. The van der Waals surface area contributed by atoms with Gasteiger partial charge in [-0.25, -0.2) is 8.42 Å². The highest BCUT2D eigenvalue weighted by atomic mass is 32.2. The Hall–Kier alpha value is -1.17. The summed E-state index contributed by atoms with van der Waals surface area (Å²) in [6.07, 6.45) is 0. The molecule has 0 saturated heterocycles. The Balaban J connectivity index is 2.31. The molecule has 0 radical (unpaired) electrons. The van der Waals surface area contributed by atoms with Gasteiger partial charge in [-0.1, -0.05) is 31.2 Å². The van der Waals surface area contributed by atoms with Crippen LogP contribution in [-0.4, -0.2) is 19.3 Å². The van der Waals surface area contributed by atoms with Crippen LogP contribution >= 0.6 is 11.3 Å². The highest BCUT2D eigenvalue weighted by Gasteiger charge is 2.24. The molecule has 0 aliphatic carbocycles. The van der Waals surface area contributed by atoms with Crippen molar-refractivity contribution >= 4 is 21.4 Å². The molecule has 0 unspecified atom stereocenters. The molecule has 0 saturated carbocycles. The van der Waals surface area contributed by atoms with Gasteiger partial charge in [-0.2, -0.15) is 4.31 Å². The Morgan fingerprint density at radius 1 is 1.10 bits per heavy atom. The summed E-state index contributed by atoms with van der Waals surface area (Å²) < 4.78 is 27.2. The zero-order chi connectivity index (χ0) is 14.8. The van der Waals surface area contributed by atoms with E-state index in [4.69, 9.17) is 0 Å². The number of aryl methyl sites for hydroxylation is 2. The molecule has 108 valence electrons. The van der Waals surface area contributed by atoms with Crippen molar-refractivity contribution in [3.8, 4) is 0 Å². The first-order chi connectivity index (χ1) is 9.45. The van der Waals surface area contributed by atoms with Crippen LogP contribution in [-0.2, 0) is 16.6 Å². The monoisotopic (exact) mass is 309 g/mol. The Bertz CT molecular complexity index is 689. The topological polar surface area (TPSA) is 37.4 Å². The van der Waals surface area contributed by atoms with E-state index in [1.807, 2.05) is 51.1 Å². The molecule has 0 amide bonds. The minimum atomic E-state index is -3.39. The van der Waals surface area contributed by atoms with Crippen LogP contribution < -0.4 is 0 Å². The van der Waals surface area contributed by atoms with Crippen LogP contribution in [0.15, 0.2) is 40.6 Å². The number of thiophene rings is 1. The summed E-state index contributed by atoms with van der Waals surface area (Å²) in [6, 6.07) is 11.4. The standard InChI is InChI=1S/C15H19NO2S2/c1-4-16(11-14-8-6-5-7-12(14)2)20(17,18)15-10-9-13(3)19-15/h5-10H,4,11H2,1-3H3. The number of hydrogen-bond donors (Lipinski definition) is 0. The van der Waals surface area contributed by atoms with Gasteiger partial charge in [0.15, 0.2) is 0 Å². The smallest absolute Gasteiger partial charge is 0.206 e. The first kappa shape index (κ1) is 15.2. The van der Waals surface area contributed by atoms with Crippen LogP contribution in [0.25, 0.3) is 0 Å². The summed E-state index contributed by atoms with van der Waals surface area (Å²) in [4.78, 5) is 1.01. The van der Waals surface area contributed by atoms with Crippen molar-refractivity contribution in [3.05, 3.63) is 52.4 Å². The molecule has 0 fully saturated rings.